The lowest BCUT2D eigenvalue weighted by molar-refractivity contribution is -0.191. The zero-order chi connectivity index (χ0) is 13.2. The molecule has 1 heterocycles. The van der Waals surface area contributed by atoms with Crippen molar-refractivity contribution in [2.75, 3.05) is 0 Å². The Morgan fingerprint density at radius 2 is 1.71 bits per heavy atom. The van der Waals surface area contributed by atoms with Crippen LogP contribution in [0.25, 0.3) is 0 Å². The SMILES string of the molecule is CC(C)CC1NC(=O)C(CC(C)C)N(O)C1=O. The van der Waals surface area contributed by atoms with E-state index in [1.807, 2.05) is 27.7 Å². The second-order valence-corrected chi connectivity index (χ2v) is 5.52. The lowest BCUT2D eigenvalue weighted by Crippen LogP contribution is -2.62. The molecule has 0 aliphatic carbocycles. The molecular formula is C12H22N2O3. The van der Waals surface area contributed by atoms with E-state index in [9.17, 15) is 14.8 Å². The normalized spacial score (nSPS) is 25.7. The maximum Gasteiger partial charge on any atom is 0.269 e. The molecule has 0 aromatic rings. The number of hydroxylamine groups is 2. The van der Waals surface area contributed by atoms with Gasteiger partial charge in [0, 0.05) is 0 Å². The predicted molar refractivity (Wildman–Crippen MR) is 63.3 cm³/mol. The molecule has 98 valence electrons. The van der Waals surface area contributed by atoms with Gasteiger partial charge in [0.1, 0.15) is 12.1 Å². The monoisotopic (exact) mass is 242 g/mol. The van der Waals surface area contributed by atoms with E-state index in [1.54, 1.807) is 0 Å². The zero-order valence-electron chi connectivity index (χ0n) is 10.9. The summed E-state index contributed by atoms with van der Waals surface area (Å²) in [6, 6.07) is -1.33. The average Bonchev–Trinajstić information content (AvgIpc) is 2.20. The van der Waals surface area contributed by atoms with Crippen LogP contribution in [-0.2, 0) is 9.59 Å². The lowest BCUT2D eigenvalue weighted by Gasteiger charge is -2.35. The molecule has 5 nitrogen and oxygen atoms in total. The summed E-state index contributed by atoms with van der Waals surface area (Å²) in [5, 5.41) is 13.1. The van der Waals surface area contributed by atoms with Crippen molar-refractivity contribution < 1.29 is 14.8 Å². The molecule has 0 aromatic heterocycles. The largest absolute Gasteiger partial charge is 0.342 e. The smallest absolute Gasteiger partial charge is 0.269 e. The van der Waals surface area contributed by atoms with Gasteiger partial charge in [0.25, 0.3) is 5.91 Å². The standard InChI is InChI=1S/C12H22N2O3/c1-7(2)5-9-12(16)14(17)10(6-8(3)4)11(15)13-9/h7-10,17H,5-6H2,1-4H3,(H,13,15). The summed E-state index contributed by atoms with van der Waals surface area (Å²) in [5.74, 6) is -0.121. The Kier molecular flexibility index (Phi) is 4.51. The zero-order valence-corrected chi connectivity index (χ0v) is 10.9. The fraction of sp³-hybridized carbons (Fsp3) is 0.833. The van der Waals surface area contributed by atoms with E-state index in [4.69, 9.17) is 0 Å². The Morgan fingerprint density at radius 3 is 2.18 bits per heavy atom. The highest BCUT2D eigenvalue weighted by molar-refractivity contribution is 5.96. The van der Waals surface area contributed by atoms with Gasteiger partial charge in [-0.1, -0.05) is 27.7 Å². The molecule has 0 spiro atoms. The van der Waals surface area contributed by atoms with Gasteiger partial charge < -0.3 is 5.32 Å². The summed E-state index contributed by atoms with van der Waals surface area (Å²) < 4.78 is 0. The highest BCUT2D eigenvalue weighted by Gasteiger charge is 2.40. The first-order chi connectivity index (χ1) is 7.82. The molecule has 0 radical (unpaired) electrons. The minimum absolute atomic E-state index is 0.245. The summed E-state index contributed by atoms with van der Waals surface area (Å²) in [5.41, 5.74) is 0. The van der Waals surface area contributed by atoms with Crippen LogP contribution in [0.15, 0.2) is 0 Å². The van der Waals surface area contributed by atoms with Crippen molar-refractivity contribution in [3.05, 3.63) is 0 Å². The fourth-order valence-electron chi connectivity index (χ4n) is 2.04. The van der Waals surface area contributed by atoms with E-state index in [2.05, 4.69) is 5.32 Å². The number of amides is 2. The van der Waals surface area contributed by atoms with E-state index in [-0.39, 0.29) is 11.8 Å². The molecule has 1 saturated heterocycles. The van der Waals surface area contributed by atoms with Crippen molar-refractivity contribution in [2.24, 2.45) is 11.8 Å². The van der Waals surface area contributed by atoms with Crippen LogP contribution in [0.5, 0.6) is 0 Å². The van der Waals surface area contributed by atoms with Crippen molar-refractivity contribution in [1.29, 1.82) is 0 Å². The van der Waals surface area contributed by atoms with Gasteiger partial charge >= 0.3 is 0 Å². The molecule has 0 bridgehead atoms. The van der Waals surface area contributed by atoms with Crippen molar-refractivity contribution in [2.45, 2.75) is 52.6 Å². The van der Waals surface area contributed by atoms with Crippen LogP contribution < -0.4 is 5.32 Å². The molecule has 1 aliphatic heterocycles. The summed E-state index contributed by atoms with van der Waals surface area (Å²) in [7, 11) is 0. The number of nitrogens with zero attached hydrogens (tertiary/aromatic N) is 1. The van der Waals surface area contributed by atoms with E-state index in [0.29, 0.717) is 23.8 Å². The average molecular weight is 242 g/mol. The first-order valence-electron chi connectivity index (χ1n) is 6.15. The molecular weight excluding hydrogens is 220 g/mol. The molecule has 5 heteroatoms. The Hall–Kier alpha value is -1.10. The molecule has 1 aliphatic rings. The highest BCUT2D eigenvalue weighted by atomic mass is 16.5. The number of hydrogen-bond acceptors (Lipinski definition) is 3. The highest BCUT2D eigenvalue weighted by Crippen LogP contribution is 2.18. The molecule has 1 rings (SSSR count). The van der Waals surface area contributed by atoms with Crippen LogP contribution in [0.1, 0.15) is 40.5 Å². The van der Waals surface area contributed by atoms with Gasteiger partial charge in [-0.15, -0.1) is 0 Å². The van der Waals surface area contributed by atoms with Gasteiger partial charge in [-0.05, 0) is 24.7 Å². The number of carbonyl (C=O) groups is 2. The molecule has 1 fully saturated rings. The van der Waals surface area contributed by atoms with Gasteiger partial charge in [-0.2, -0.15) is 0 Å². The topological polar surface area (TPSA) is 69.6 Å². The van der Waals surface area contributed by atoms with E-state index >= 15 is 0 Å². The minimum atomic E-state index is -0.745. The van der Waals surface area contributed by atoms with Crippen molar-refractivity contribution in [1.82, 2.24) is 10.4 Å². The Bertz CT molecular complexity index is 302. The first-order valence-corrected chi connectivity index (χ1v) is 6.15. The Morgan fingerprint density at radius 1 is 1.18 bits per heavy atom. The summed E-state index contributed by atoms with van der Waals surface area (Å²) in [6.07, 6.45) is 1.03. The molecule has 0 aromatic carbocycles. The van der Waals surface area contributed by atoms with Crippen LogP contribution >= 0.6 is 0 Å². The van der Waals surface area contributed by atoms with Crippen LogP contribution in [0.3, 0.4) is 0 Å². The summed E-state index contributed by atoms with van der Waals surface area (Å²) in [6.45, 7) is 7.85. The number of piperazine rings is 1. The quantitative estimate of drug-likeness (QED) is 0.727. The third kappa shape index (κ3) is 3.43. The molecule has 2 N–H and O–H groups in total. The maximum absolute atomic E-state index is 11.9. The maximum atomic E-state index is 11.9. The number of rotatable bonds is 4. The van der Waals surface area contributed by atoms with Gasteiger partial charge in [0.2, 0.25) is 5.91 Å². The Balaban J connectivity index is 2.73. The summed E-state index contributed by atoms with van der Waals surface area (Å²) in [4.78, 5) is 23.7. The predicted octanol–water partition coefficient (Wildman–Crippen LogP) is 1.16. The second-order valence-electron chi connectivity index (χ2n) is 5.52. The van der Waals surface area contributed by atoms with Crippen molar-refractivity contribution in [3.63, 3.8) is 0 Å². The van der Waals surface area contributed by atoms with E-state index in [1.165, 1.54) is 0 Å². The first kappa shape index (κ1) is 14.0. The van der Waals surface area contributed by atoms with Crippen molar-refractivity contribution in [3.8, 4) is 0 Å². The fourth-order valence-corrected chi connectivity index (χ4v) is 2.04. The van der Waals surface area contributed by atoms with Gasteiger partial charge in [0.15, 0.2) is 0 Å². The molecule has 2 amide bonds. The van der Waals surface area contributed by atoms with Crippen LogP contribution in [0.2, 0.25) is 0 Å². The number of hydrogen-bond donors (Lipinski definition) is 2. The Labute approximate surface area is 102 Å². The second kappa shape index (κ2) is 5.49. The van der Waals surface area contributed by atoms with Crippen LogP contribution in [-0.4, -0.2) is 34.2 Å². The lowest BCUT2D eigenvalue weighted by atomic mass is 9.96. The van der Waals surface area contributed by atoms with Gasteiger partial charge in [-0.25, -0.2) is 5.06 Å². The van der Waals surface area contributed by atoms with E-state index in [0.717, 1.165) is 0 Å². The molecule has 2 unspecified atom stereocenters. The molecule has 2 atom stereocenters. The number of nitrogens with one attached hydrogen (secondary N) is 1. The van der Waals surface area contributed by atoms with E-state index < -0.39 is 18.0 Å². The van der Waals surface area contributed by atoms with Crippen LogP contribution in [0, 0.1) is 11.8 Å². The minimum Gasteiger partial charge on any atom is -0.342 e. The number of carbonyl (C=O) groups excluding carboxylic acids is 2. The van der Waals surface area contributed by atoms with Gasteiger partial charge in [-0.3, -0.25) is 14.8 Å². The third-order valence-electron chi connectivity index (χ3n) is 2.84. The van der Waals surface area contributed by atoms with Crippen LogP contribution in [0.4, 0.5) is 0 Å². The van der Waals surface area contributed by atoms with Crippen molar-refractivity contribution >= 4 is 11.8 Å². The molecule has 17 heavy (non-hydrogen) atoms. The van der Waals surface area contributed by atoms with Gasteiger partial charge in [0.05, 0.1) is 0 Å². The third-order valence-corrected chi connectivity index (χ3v) is 2.84. The summed E-state index contributed by atoms with van der Waals surface area (Å²) >= 11 is 0. The molecule has 0 saturated carbocycles.